The smallest absolute Gasteiger partial charge is 0.407 e. The van der Waals surface area contributed by atoms with Gasteiger partial charge in [0, 0.05) is 21.6 Å². The van der Waals surface area contributed by atoms with Crippen molar-refractivity contribution in [3.63, 3.8) is 0 Å². The van der Waals surface area contributed by atoms with Crippen molar-refractivity contribution in [1.29, 1.82) is 0 Å². The maximum Gasteiger partial charge on any atom is 0.407 e. The van der Waals surface area contributed by atoms with Crippen molar-refractivity contribution in [2.24, 2.45) is 0 Å². The van der Waals surface area contributed by atoms with Gasteiger partial charge in [0.15, 0.2) is 0 Å². The maximum absolute atomic E-state index is 13.6. The van der Waals surface area contributed by atoms with E-state index in [-0.39, 0.29) is 18.0 Å². The fraction of sp³-hybridized carbons (Fsp3) is 0.208. The summed E-state index contributed by atoms with van der Waals surface area (Å²) < 4.78 is 33.9. The van der Waals surface area contributed by atoms with E-state index < -0.39 is 22.2 Å². The van der Waals surface area contributed by atoms with Crippen LogP contribution in [0.15, 0.2) is 71.6 Å². The third-order valence-corrected chi connectivity index (χ3v) is 8.01. The Morgan fingerprint density at radius 2 is 1.65 bits per heavy atom. The normalized spacial score (nSPS) is 15.5. The lowest BCUT2D eigenvalue weighted by atomic mass is 9.98. The van der Waals surface area contributed by atoms with Gasteiger partial charge in [0.2, 0.25) is 0 Å². The van der Waals surface area contributed by atoms with E-state index >= 15 is 0 Å². The van der Waals surface area contributed by atoms with Crippen LogP contribution < -0.4 is 9.62 Å². The first-order chi connectivity index (χ1) is 16.2. The zero-order valence-electron chi connectivity index (χ0n) is 17.9. The van der Waals surface area contributed by atoms with Crippen molar-refractivity contribution in [3.05, 3.63) is 92.9 Å². The first kappa shape index (κ1) is 24.7. The summed E-state index contributed by atoms with van der Waals surface area (Å²) in [5, 5.41) is 4.00. The average molecular weight is 540 g/mol. The zero-order valence-corrected chi connectivity index (χ0v) is 21.0. The number of hydrogen-bond donors (Lipinski definition) is 1. The third kappa shape index (κ3) is 5.61. The molecule has 0 aromatic heterocycles. The Hall–Kier alpha value is -2.45. The summed E-state index contributed by atoms with van der Waals surface area (Å²) >= 11 is 17.9. The number of aryl methyl sites for hydroxylation is 1. The second kappa shape index (κ2) is 10.4. The zero-order chi connectivity index (χ0) is 24.3. The largest absolute Gasteiger partial charge is 0.447 e. The Morgan fingerprint density at radius 3 is 2.35 bits per heavy atom. The minimum absolute atomic E-state index is 0.108. The highest BCUT2D eigenvalue weighted by Gasteiger charge is 2.36. The van der Waals surface area contributed by atoms with Crippen LogP contribution in [0.3, 0.4) is 0 Å². The van der Waals surface area contributed by atoms with Crippen molar-refractivity contribution in [1.82, 2.24) is 5.32 Å². The van der Waals surface area contributed by atoms with Crippen molar-refractivity contribution in [3.8, 4) is 0 Å². The van der Waals surface area contributed by atoms with E-state index in [9.17, 15) is 13.2 Å². The van der Waals surface area contributed by atoms with Crippen LogP contribution in [0.1, 0.15) is 17.5 Å². The molecule has 4 rings (SSSR count). The molecule has 1 N–H and O–H groups in total. The van der Waals surface area contributed by atoms with Crippen molar-refractivity contribution < 1.29 is 17.9 Å². The molecule has 1 aliphatic rings. The van der Waals surface area contributed by atoms with Gasteiger partial charge in [-0.15, -0.1) is 0 Å². The van der Waals surface area contributed by atoms with E-state index in [0.29, 0.717) is 39.2 Å². The van der Waals surface area contributed by atoms with E-state index in [4.69, 9.17) is 39.5 Å². The Bertz CT molecular complexity index is 1280. The highest BCUT2D eigenvalue weighted by Crippen LogP contribution is 2.35. The molecule has 1 heterocycles. The quantitative estimate of drug-likeness (QED) is 0.412. The molecule has 3 aromatic carbocycles. The Kier molecular flexibility index (Phi) is 7.57. The first-order valence-corrected chi connectivity index (χ1v) is 13.0. The van der Waals surface area contributed by atoms with Gasteiger partial charge in [0.25, 0.3) is 10.0 Å². The molecule has 0 aliphatic carbocycles. The molecule has 0 radical (unpaired) electrons. The molecule has 1 aliphatic heterocycles. The number of carbonyl (C=O) groups excluding carboxylic acids is 1. The third-order valence-electron chi connectivity index (χ3n) is 5.44. The van der Waals surface area contributed by atoms with Gasteiger partial charge in [0.05, 0.1) is 16.6 Å². The average Bonchev–Trinajstić information content (AvgIpc) is 2.80. The van der Waals surface area contributed by atoms with Gasteiger partial charge in [-0.1, -0.05) is 53.0 Å². The number of anilines is 1. The molecule has 0 saturated heterocycles. The predicted molar refractivity (Wildman–Crippen MR) is 134 cm³/mol. The van der Waals surface area contributed by atoms with Gasteiger partial charge in [-0.2, -0.15) is 0 Å². The molecule has 0 fully saturated rings. The van der Waals surface area contributed by atoms with E-state index in [0.717, 1.165) is 5.56 Å². The Balaban J connectivity index is 1.51. The summed E-state index contributed by atoms with van der Waals surface area (Å²) in [5.74, 6) is 0. The summed E-state index contributed by atoms with van der Waals surface area (Å²) in [6, 6.07) is 17.7. The predicted octanol–water partition coefficient (Wildman–Crippen LogP) is 6.08. The number of carbonyl (C=O) groups is 1. The maximum atomic E-state index is 13.6. The number of rotatable bonds is 6. The van der Waals surface area contributed by atoms with Crippen LogP contribution in [0.2, 0.25) is 15.1 Å². The first-order valence-electron chi connectivity index (χ1n) is 10.5. The summed E-state index contributed by atoms with van der Waals surface area (Å²) in [7, 11) is -3.92. The van der Waals surface area contributed by atoms with E-state index in [1.807, 2.05) is 12.1 Å². The molecule has 1 amide bonds. The standard InChI is InChI=1S/C24H21Cl3N2O4S/c25-18-6-9-22(10-7-18)34(31,32)29-21(8-5-17-3-1-2-4-23(17)29)15-33-24(30)28-14-16-11-19(26)13-20(27)12-16/h1-4,6-7,9-13,21H,5,8,14-15H2,(H,28,30). The lowest BCUT2D eigenvalue weighted by molar-refractivity contribution is 0.137. The molecule has 0 spiro atoms. The molecule has 0 bridgehead atoms. The molecular formula is C24H21Cl3N2O4S. The van der Waals surface area contributed by atoms with E-state index in [2.05, 4.69) is 5.32 Å². The van der Waals surface area contributed by atoms with Crippen LogP contribution in [0.25, 0.3) is 0 Å². The highest BCUT2D eigenvalue weighted by atomic mass is 35.5. The van der Waals surface area contributed by atoms with Gasteiger partial charge in [-0.05, 0) is 72.5 Å². The number of benzene rings is 3. The number of nitrogens with zero attached hydrogens (tertiary/aromatic N) is 1. The summed E-state index contributed by atoms with van der Waals surface area (Å²) in [4.78, 5) is 12.5. The van der Waals surface area contributed by atoms with Crippen LogP contribution in [-0.4, -0.2) is 27.2 Å². The van der Waals surface area contributed by atoms with Gasteiger partial charge >= 0.3 is 6.09 Å². The summed E-state index contributed by atoms with van der Waals surface area (Å²) in [6.45, 7) is 0.0582. The number of amides is 1. The lowest BCUT2D eigenvalue weighted by Gasteiger charge is -2.37. The monoisotopic (exact) mass is 538 g/mol. The molecule has 6 nitrogen and oxygen atoms in total. The van der Waals surface area contributed by atoms with Crippen molar-refractivity contribution in [2.75, 3.05) is 10.9 Å². The van der Waals surface area contributed by atoms with Gasteiger partial charge in [-0.3, -0.25) is 4.31 Å². The molecule has 10 heteroatoms. The highest BCUT2D eigenvalue weighted by molar-refractivity contribution is 7.92. The number of sulfonamides is 1. The minimum Gasteiger partial charge on any atom is -0.447 e. The number of alkyl carbamates (subject to hydrolysis) is 1. The van der Waals surface area contributed by atoms with Crippen LogP contribution in [0, 0.1) is 0 Å². The Morgan fingerprint density at radius 1 is 0.971 bits per heavy atom. The van der Waals surface area contributed by atoms with Gasteiger partial charge in [0.1, 0.15) is 6.61 Å². The summed E-state index contributed by atoms with van der Waals surface area (Å²) in [6.07, 6.45) is 0.499. The Labute approximate surface area is 213 Å². The molecule has 1 unspecified atom stereocenters. The molecular weight excluding hydrogens is 519 g/mol. The minimum atomic E-state index is -3.92. The number of ether oxygens (including phenoxy) is 1. The molecule has 1 atom stereocenters. The lowest BCUT2D eigenvalue weighted by Crippen LogP contribution is -2.47. The van der Waals surface area contributed by atoms with Crippen molar-refractivity contribution >= 4 is 56.6 Å². The molecule has 3 aromatic rings. The van der Waals surface area contributed by atoms with Crippen molar-refractivity contribution in [2.45, 2.75) is 30.3 Å². The number of para-hydroxylation sites is 1. The second-order valence-corrected chi connectivity index (χ2v) is 10.9. The molecule has 0 saturated carbocycles. The van der Waals surface area contributed by atoms with E-state index in [1.165, 1.54) is 28.6 Å². The van der Waals surface area contributed by atoms with Crippen LogP contribution in [-0.2, 0) is 27.7 Å². The molecule has 178 valence electrons. The number of hydrogen-bond acceptors (Lipinski definition) is 4. The van der Waals surface area contributed by atoms with Gasteiger partial charge in [-0.25, -0.2) is 13.2 Å². The van der Waals surface area contributed by atoms with Crippen LogP contribution in [0.4, 0.5) is 10.5 Å². The molecule has 34 heavy (non-hydrogen) atoms. The van der Waals surface area contributed by atoms with E-state index in [1.54, 1.807) is 30.3 Å². The van der Waals surface area contributed by atoms with Crippen LogP contribution >= 0.6 is 34.8 Å². The van der Waals surface area contributed by atoms with Gasteiger partial charge < -0.3 is 10.1 Å². The SMILES string of the molecule is O=C(NCc1cc(Cl)cc(Cl)c1)OCC1CCc2ccccc2N1S(=O)(=O)c1ccc(Cl)cc1. The van der Waals surface area contributed by atoms with Crippen LogP contribution in [0.5, 0.6) is 0 Å². The topological polar surface area (TPSA) is 75.7 Å². The fourth-order valence-electron chi connectivity index (χ4n) is 3.88. The summed E-state index contributed by atoms with van der Waals surface area (Å²) in [5.41, 5.74) is 2.21. The number of nitrogens with one attached hydrogen (secondary N) is 1. The number of halogens is 3. The fourth-order valence-corrected chi connectivity index (χ4v) is 6.28. The number of fused-ring (bicyclic) bond motifs is 1. The second-order valence-electron chi connectivity index (χ2n) is 7.81.